The lowest BCUT2D eigenvalue weighted by Crippen LogP contribution is -2.42. The first kappa shape index (κ1) is 23.5. The van der Waals surface area contributed by atoms with Crippen LogP contribution in [0.3, 0.4) is 0 Å². The molecule has 0 aliphatic carbocycles. The molecule has 4 rings (SSSR count). The molecule has 0 spiro atoms. The number of rotatable bonds is 6. The largest absolute Gasteiger partial charge is 0.486 e. The summed E-state index contributed by atoms with van der Waals surface area (Å²) < 4.78 is 36.5. The van der Waals surface area contributed by atoms with Crippen molar-refractivity contribution in [2.45, 2.75) is 17.4 Å². The summed E-state index contributed by atoms with van der Waals surface area (Å²) in [5.74, 6) is -0.172. The van der Waals surface area contributed by atoms with Crippen LogP contribution in [0.5, 0.6) is 11.5 Å². The molecule has 0 aromatic heterocycles. The topological polar surface area (TPSA) is 134 Å². The van der Waals surface area contributed by atoms with Gasteiger partial charge in [0.25, 0.3) is 5.91 Å². The number of benzene rings is 2. The van der Waals surface area contributed by atoms with Gasteiger partial charge < -0.3 is 20.1 Å². The second-order valence-corrected chi connectivity index (χ2v) is 10.3. The fraction of sp³-hybridized carbons (Fsp3) is 0.318. The van der Waals surface area contributed by atoms with Crippen LogP contribution < -0.4 is 20.1 Å². The number of ether oxygens (including phenoxy) is 2. The number of carbonyl (C=O) groups is 3. The Morgan fingerprint density at radius 2 is 1.74 bits per heavy atom. The Balaban J connectivity index is 1.46. The van der Waals surface area contributed by atoms with Gasteiger partial charge in [0.05, 0.1) is 4.90 Å². The highest BCUT2D eigenvalue weighted by Crippen LogP contribution is 2.36. The van der Waals surface area contributed by atoms with Gasteiger partial charge in [-0.05, 0) is 48.9 Å². The molecular formula is C22H24N4O7S. The third kappa shape index (κ3) is 4.17. The Morgan fingerprint density at radius 1 is 1.09 bits per heavy atom. The fourth-order valence-electron chi connectivity index (χ4n) is 3.66. The molecule has 0 bridgehead atoms. The van der Waals surface area contributed by atoms with E-state index in [0.29, 0.717) is 36.0 Å². The Morgan fingerprint density at radius 3 is 2.38 bits per heavy atom. The monoisotopic (exact) mass is 488 g/mol. The van der Waals surface area contributed by atoms with Gasteiger partial charge >= 0.3 is 6.03 Å². The number of nitrogens with zero attached hydrogens (tertiary/aromatic N) is 2. The lowest BCUT2D eigenvalue weighted by atomic mass is 9.91. The Labute approximate surface area is 196 Å². The van der Waals surface area contributed by atoms with Gasteiger partial charge in [-0.25, -0.2) is 17.5 Å². The fourth-order valence-corrected chi connectivity index (χ4v) is 4.56. The van der Waals surface area contributed by atoms with E-state index in [1.807, 2.05) is 0 Å². The molecule has 0 radical (unpaired) electrons. The van der Waals surface area contributed by atoms with E-state index < -0.39 is 40.0 Å². The molecule has 11 nitrogen and oxygen atoms in total. The van der Waals surface area contributed by atoms with Crippen LogP contribution in [-0.4, -0.2) is 69.3 Å². The van der Waals surface area contributed by atoms with E-state index in [2.05, 4.69) is 10.6 Å². The number of anilines is 1. The maximum atomic E-state index is 13.1. The van der Waals surface area contributed by atoms with Crippen molar-refractivity contribution in [3.05, 3.63) is 48.0 Å². The summed E-state index contributed by atoms with van der Waals surface area (Å²) in [6, 6.07) is 9.85. The number of imide groups is 1. The van der Waals surface area contributed by atoms with E-state index >= 15 is 0 Å². The molecule has 2 aliphatic rings. The number of carbonyl (C=O) groups excluding carboxylic acids is 3. The minimum absolute atomic E-state index is 0.0693. The highest BCUT2D eigenvalue weighted by Gasteiger charge is 2.49. The van der Waals surface area contributed by atoms with E-state index in [4.69, 9.17) is 9.47 Å². The Bertz CT molecular complexity index is 1260. The summed E-state index contributed by atoms with van der Waals surface area (Å²) in [7, 11) is -0.766. The average Bonchev–Trinajstić information content (AvgIpc) is 3.02. The molecule has 0 saturated carbocycles. The van der Waals surface area contributed by atoms with Gasteiger partial charge in [0, 0.05) is 19.8 Å². The molecule has 2 aliphatic heterocycles. The van der Waals surface area contributed by atoms with E-state index in [0.717, 1.165) is 9.21 Å². The van der Waals surface area contributed by atoms with Crippen molar-refractivity contribution in [1.29, 1.82) is 0 Å². The van der Waals surface area contributed by atoms with E-state index in [1.54, 1.807) is 25.1 Å². The summed E-state index contributed by atoms with van der Waals surface area (Å²) in [6.07, 6.45) is 0. The first-order valence-corrected chi connectivity index (χ1v) is 11.8. The van der Waals surface area contributed by atoms with Crippen LogP contribution in [0.15, 0.2) is 47.4 Å². The zero-order chi connectivity index (χ0) is 24.7. The lowest BCUT2D eigenvalue weighted by Gasteiger charge is -2.25. The van der Waals surface area contributed by atoms with Crippen molar-refractivity contribution in [3.8, 4) is 11.5 Å². The van der Waals surface area contributed by atoms with E-state index in [1.165, 1.54) is 38.4 Å². The molecule has 1 atom stereocenters. The number of nitrogens with one attached hydrogen (secondary N) is 2. The van der Waals surface area contributed by atoms with Gasteiger partial charge in [-0.15, -0.1) is 0 Å². The quantitative estimate of drug-likeness (QED) is 0.582. The predicted octanol–water partition coefficient (Wildman–Crippen LogP) is 1.11. The van der Waals surface area contributed by atoms with Crippen LogP contribution in [0.4, 0.5) is 10.5 Å². The Hall–Kier alpha value is -3.64. The van der Waals surface area contributed by atoms with Crippen LogP contribution in [0, 0.1) is 0 Å². The molecule has 2 aromatic carbocycles. The molecule has 180 valence electrons. The maximum Gasteiger partial charge on any atom is 0.325 e. The molecule has 0 unspecified atom stereocenters. The van der Waals surface area contributed by atoms with E-state index in [-0.39, 0.29) is 4.90 Å². The minimum atomic E-state index is -3.60. The molecule has 1 saturated heterocycles. The summed E-state index contributed by atoms with van der Waals surface area (Å²) >= 11 is 0. The van der Waals surface area contributed by atoms with Crippen LogP contribution in [0.25, 0.3) is 0 Å². The first-order chi connectivity index (χ1) is 16.0. The van der Waals surface area contributed by atoms with Gasteiger partial charge in [0.15, 0.2) is 11.5 Å². The van der Waals surface area contributed by atoms with Crippen LogP contribution in [0.1, 0.15) is 12.5 Å². The second kappa shape index (κ2) is 8.61. The smallest absolute Gasteiger partial charge is 0.325 e. The number of sulfonamides is 1. The van der Waals surface area contributed by atoms with Crippen molar-refractivity contribution < 1.29 is 32.3 Å². The molecule has 2 heterocycles. The number of hydrogen-bond donors (Lipinski definition) is 2. The van der Waals surface area contributed by atoms with Crippen molar-refractivity contribution in [1.82, 2.24) is 14.5 Å². The highest BCUT2D eigenvalue weighted by atomic mass is 32.2. The number of amides is 4. The number of fused-ring (bicyclic) bond motifs is 1. The third-order valence-electron chi connectivity index (χ3n) is 5.61. The van der Waals surface area contributed by atoms with Gasteiger partial charge in [-0.3, -0.25) is 14.5 Å². The van der Waals surface area contributed by atoms with Gasteiger partial charge in [-0.2, -0.15) is 0 Å². The van der Waals surface area contributed by atoms with Gasteiger partial charge in [0.2, 0.25) is 15.9 Å². The molecule has 4 amide bonds. The number of hydrogen-bond acceptors (Lipinski definition) is 7. The van der Waals surface area contributed by atoms with E-state index in [9.17, 15) is 22.8 Å². The number of urea groups is 1. The zero-order valence-electron chi connectivity index (χ0n) is 18.8. The molecule has 2 N–H and O–H groups in total. The molecule has 2 aromatic rings. The van der Waals surface area contributed by atoms with Crippen molar-refractivity contribution >= 4 is 33.6 Å². The molecule has 1 fully saturated rings. The summed E-state index contributed by atoms with van der Waals surface area (Å²) in [5.41, 5.74) is -0.560. The van der Waals surface area contributed by atoms with Crippen molar-refractivity contribution in [2.24, 2.45) is 0 Å². The normalized spacial score (nSPS) is 19.8. The summed E-state index contributed by atoms with van der Waals surface area (Å²) in [6.45, 7) is 1.85. The average molecular weight is 489 g/mol. The first-order valence-electron chi connectivity index (χ1n) is 10.4. The van der Waals surface area contributed by atoms with Crippen molar-refractivity contribution in [2.75, 3.05) is 39.2 Å². The summed E-state index contributed by atoms with van der Waals surface area (Å²) in [5, 5.41) is 5.21. The van der Waals surface area contributed by atoms with Crippen molar-refractivity contribution in [3.63, 3.8) is 0 Å². The molecular weight excluding hydrogens is 464 g/mol. The Kier molecular flexibility index (Phi) is 5.96. The second-order valence-electron chi connectivity index (χ2n) is 8.16. The van der Waals surface area contributed by atoms with Gasteiger partial charge in [-0.1, -0.05) is 6.07 Å². The minimum Gasteiger partial charge on any atom is -0.486 e. The van der Waals surface area contributed by atoms with Gasteiger partial charge in [0.1, 0.15) is 25.3 Å². The predicted molar refractivity (Wildman–Crippen MR) is 121 cm³/mol. The van der Waals surface area contributed by atoms with Crippen LogP contribution in [-0.2, 0) is 25.2 Å². The lowest BCUT2D eigenvalue weighted by molar-refractivity contribution is -0.133. The van der Waals surface area contributed by atoms with Crippen LogP contribution in [0.2, 0.25) is 0 Å². The third-order valence-corrected chi connectivity index (χ3v) is 7.44. The molecule has 12 heteroatoms. The SMILES string of the molecule is CN(C)S(=O)(=O)c1ccc(NC(=O)CN2C(=O)N[C@@](C)(c3ccc4c(c3)OCCO4)C2=O)cc1. The zero-order valence-corrected chi connectivity index (χ0v) is 19.6. The van der Waals surface area contributed by atoms with Crippen LogP contribution >= 0.6 is 0 Å². The standard InChI is InChI=1S/C22H24N4O7S/c1-22(14-4-9-17-18(12-14)33-11-10-32-17)20(28)26(21(29)24-22)13-19(27)23-15-5-7-16(8-6-15)34(30,31)25(2)3/h4-9,12H,10-11,13H2,1-3H3,(H,23,27)(H,24,29)/t22-/m0/s1. The maximum absolute atomic E-state index is 13.1. The molecule has 34 heavy (non-hydrogen) atoms. The highest BCUT2D eigenvalue weighted by molar-refractivity contribution is 7.89. The summed E-state index contributed by atoms with van der Waals surface area (Å²) in [4.78, 5) is 39.1.